The van der Waals surface area contributed by atoms with Crippen molar-refractivity contribution in [1.29, 1.82) is 0 Å². The molecule has 0 saturated heterocycles. The Kier molecular flexibility index (Phi) is 4.18. The van der Waals surface area contributed by atoms with Gasteiger partial charge in [-0.3, -0.25) is 0 Å². The number of alkyl halides is 1. The Bertz CT molecular complexity index is 1150. The molecule has 3 N–H and O–H groups in total. The summed E-state index contributed by atoms with van der Waals surface area (Å²) in [6, 6.07) is 1.25. The maximum Gasteiger partial charge on any atom is 0.354 e. The Morgan fingerprint density at radius 2 is 2.21 bits per heavy atom. The number of halogens is 1. The van der Waals surface area contributed by atoms with Crippen LogP contribution in [0.2, 0.25) is 0 Å². The summed E-state index contributed by atoms with van der Waals surface area (Å²) in [4.78, 5) is 12.8. The molecule has 2 amide bonds. The number of rotatable bonds is 2. The van der Waals surface area contributed by atoms with Crippen molar-refractivity contribution in [2.24, 2.45) is 9.50 Å². The van der Waals surface area contributed by atoms with Crippen molar-refractivity contribution in [3.63, 3.8) is 0 Å². The van der Waals surface area contributed by atoms with Gasteiger partial charge in [0.15, 0.2) is 9.92 Å². The molecule has 8 nitrogen and oxygen atoms in total. The number of carbonyl (C=O) groups excluding carboxylic acids is 1. The third-order valence-corrected chi connectivity index (χ3v) is 7.08. The zero-order chi connectivity index (χ0) is 20.3. The number of nitrogens with zero attached hydrogens (tertiary/aromatic N) is 3. The van der Waals surface area contributed by atoms with Gasteiger partial charge in [0.1, 0.15) is 17.2 Å². The molecule has 0 saturated carbocycles. The third-order valence-electron chi connectivity index (χ3n) is 5.74. The predicted molar refractivity (Wildman–Crippen MR) is 105 cm³/mol. The van der Waals surface area contributed by atoms with Gasteiger partial charge < -0.3 is 10.1 Å². The van der Waals surface area contributed by atoms with Crippen LogP contribution in [0.25, 0.3) is 0 Å². The minimum atomic E-state index is -3.54. The quantitative estimate of drug-likeness (QED) is 0.779. The van der Waals surface area contributed by atoms with Crippen LogP contribution in [0.4, 0.5) is 14.9 Å². The number of aromatic nitrogens is 2. The first-order valence-electron chi connectivity index (χ1n) is 9.71. The number of nitrogens with one attached hydrogen (secondary N) is 1. The van der Waals surface area contributed by atoms with Gasteiger partial charge in [0.05, 0.1) is 12.7 Å². The van der Waals surface area contributed by atoms with Gasteiger partial charge in [-0.15, -0.1) is 4.36 Å². The van der Waals surface area contributed by atoms with E-state index in [2.05, 4.69) is 20.8 Å². The number of benzene rings is 1. The van der Waals surface area contributed by atoms with E-state index in [9.17, 15) is 13.4 Å². The van der Waals surface area contributed by atoms with E-state index in [1.54, 1.807) is 4.68 Å². The molecule has 0 fully saturated rings. The number of aryl methyl sites for hydroxylation is 1. The van der Waals surface area contributed by atoms with Crippen molar-refractivity contribution in [1.82, 2.24) is 9.78 Å². The minimum Gasteiger partial charge on any atom is -0.472 e. The Morgan fingerprint density at radius 3 is 3.03 bits per heavy atom. The number of carbonyl (C=O) groups is 1. The number of amides is 2. The molecule has 2 unspecified atom stereocenters. The molecule has 0 spiro atoms. The van der Waals surface area contributed by atoms with Crippen molar-refractivity contribution in [2.75, 3.05) is 5.32 Å². The van der Waals surface area contributed by atoms with E-state index in [0.29, 0.717) is 18.7 Å². The summed E-state index contributed by atoms with van der Waals surface area (Å²) in [5.41, 5.74) is 4.52. The van der Waals surface area contributed by atoms with Gasteiger partial charge in [-0.05, 0) is 48.4 Å². The highest BCUT2D eigenvalue weighted by molar-refractivity contribution is 7.91. The first-order chi connectivity index (χ1) is 13.8. The Balaban J connectivity index is 1.49. The summed E-state index contributed by atoms with van der Waals surface area (Å²) in [7, 11) is -3.54. The fourth-order valence-electron chi connectivity index (χ4n) is 4.53. The molecule has 5 rings (SSSR count). The van der Waals surface area contributed by atoms with Gasteiger partial charge in [0.2, 0.25) is 5.88 Å². The normalized spacial score (nSPS) is 23.7. The summed E-state index contributed by atoms with van der Waals surface area (Å²) < 4.78 is 37.9. The molecule has 10 heteroatoms. The lowest BCUT2D eigenvalue weighted by Crippen LogP contribution is -2.19. The largest absolute Gasteiger partial charge is 0.472 e. The number of ether oxygens (including phenoxy) is 1. The third kappa shape index (κ3) is 3.10. The lowest BCUT2D eigenvalue weighted by atomic mass is 9.99. The van der Waals surface area contributed by atoms with Gasteiger partial charge in [-0.2, -0.15) is 5.10 Å². The maximum absolute atomic E-state index is 14.0. The second-order valence-corrected chi connectivity index (χ2v) is 9.66. The molecule has 0 bridgehead atoms. The zero-order valence-electron chi connectivity index (χ0n) is 16.0. The van der Waals surface area contributed by atoms with Crippen LogP contribution in [0.15, 0.2) is 21.5 Å². The van der Waals surface area contributed by atoms with E-state index >= 15 is 0 Å². The molecule has 154 valence electrons. The molecule has 1 aromatic carbocycles. The molecule has 2 heterocycles. The number of nitrogens with two attached hydrogens (primary N) is 1. The second-order valence-electron chi connectivity index (χ2n) is 7.90. The van der Waals surface area contributed by atoms with Crippen LogP contribution in [-0.2, 0) is 42.1 Å². The zero-order valence-corrected chi connectivity index (χ0v) is 16.8. The lowest BCUT2D eigenvalue weighted by molar-refractivity contribution is 0.248. The highest BCUT2D eigenvalue weighted by Gasteiger charge is 2.31. The summed E-state index contributed by atoms with van der Waals surface area (Å²) >= 11 is 0. The maximum atomic E-state index is 14.0. The van der Waals surface area contributed by atoms with Crippen LogP contribution in [0.1, 0.15) is 35.6 Å². The minimum absolute atomic E-state index is 0.101. The number of hydrogen-bond acceptors (Lipinski definition) is 4. The van der Waals surface area contributed by atoms with Crippen molar-refractivity contribution in [3.8, 4) is 5.88 Å². The lowest BCUT2D eigenvalue weighted by Gasteiger charge is -2.15. The monoisotopic (exact) mass is 419 g/mol. The summed E-state index contributed by atoms with van der Waals surface area (Å²) in [6.45, 7) is 2.37. The number of urea groups is 1. The van der Waals surface area contributed by atoms with E-state index in [1.807, 2.05) is 6.92 Å². The average molecular weight is 419 g/mol. The topological polar surface area (TPSA) is 112 Å². The van der Waals surface area contributed by atoms with Crippen LogP contribution >= 0.6 is 0 Å². The molecule has 3 aliphatic rings. The van der Waals surface area contributed by atoms with Crippen LogP contribution in [0.3, 0.4) is 0 Å². The standard InChI is InChI=1S/C19H22FN5O3S/c1-10-9-25-18(28-10)16(8-22-25)29(21,27)24-19(26)23-17-14-4-2-3-11(14)5-12-6-13(20)7-15(12)17/h5,8,10,13H,2-4,6-7,9H2,1H3,(H3,21,23,24,26,27)/t10?,13-,29?/m0/s1. The number of anilines is 1. The van der Waals surface area contributed by atoms with E-state index in [4.69, 9.17) is 9.88 Å². The first-order valence-corrected chi connectivity index (χ1v) is 11.3. The molecule has 29 heavy (non-hydrogen) atoms. The molecule has 1 aromatic heterocycles. The summed E-state index contributed by atoms with van der Waals surface area (Å²) in [5.74, 6) is 0.281. The number of fused-ring (bicyclic) bond motifs is 3. The molecule has 2 aromatic rings. The SMILES string of the molecule is CC1Cn2ncc(S(N)(=O)=NC(=O)Nc3c4c(cc5c3C[C@@H](F)C5)CCC4)c2O1. The van der Waals surface area contributed by atoms with Crippen LogP contribution in [0, 0.1) is 0 Å². The average Bonchev–Trinajstić information content (AvgIpc) is 3.36. The van der Waals surface area contributed by atoms with Crippen molar-refractivity contribution in [3.05, 3.63) is 34.5 Å². The van der Waals surface area contributed by atoms with E-state index < -0.39 is 22.1 Å². The predicted octanol–water partition coefficient (Wildman–Crippen LogP) is 2.52. The Morgan fingerprint density at radius 1 is 1.38 bits per heavy atom. The highest BCUT2D eigenvalue weighted by atomic mass is 32.2. The smallest absolute Gasteiger partial charge is 0.354 e. The summed E-state index contributed by atoms with van der Waals surface area (Å²) in [5, 5.41) is 12.8. The van der Waals surface area contributed by atoms with Crippen molar-refractivity contribution in [2.45, 2.75) is 62.7 Å². The van der Waals surface area contributed by atoms with Crippen LogP contribution < -0.4 is 15.2 Å². The van der Waals surface area contributed by atoms with Crippen LogP contribution in [0.5, 0.6) is 5.88 Å². The van der Waals surface area contributed by atoms with E-state index in [0.717, 1.165) is 41.5 Å². The van der Waals surface area contributed by atoms with E-state index in [-0.39, 0.29) is 23.3 Å². The molecule has 1 aliphatic heterocycles. The van der Waals surface area contributed by atoms with Gasteiger partial charge in [0, 0.05) is 18.5 Å². The van der Waals surface area contributed by atoms with Gasteiger partial charge >= 0.3 is 6.03 Å². The second kappa shape index (κ2) is 6.53. The number of hydrogen-bond donors (Lipinski definition) is 2. The first kappa shape index (κ1) is 18.6. The Hall–Kier alpha value is -2.46. The summed E-state index contributed by atoms with van der Waals surface area (Å²) in [6.07, 6.45) is 3.58. The van der Waals surface area contributed by atoms with Crippen molar-refractivity contribution >= 4 is 21.6 Å². The van der Waals surface area contributed by atoms with Crippen LogP contribution in [-0.4, -0.2) is 32.3 Å². The van der Waals surface area contributed by atoms with Gasteiger partial charge in [0.25, 0.3) is 0 Å². The van der Waals surface area contributed by atoms with Gasteiger partial charge in [-0.25, -0.2) is 23.2 Å². The Labute approximate surface area is 167 Å². The van der Waals surface area contributed by atoms with Gasteiger partial charge in [-0.1, -0.05) is 6.07 Å². The molecule has 3 atom stereocenters. The fraction of sp³-hybridized carbons (Fsp3) is 0.474. The highest BCUT2D eigenvalue weighted by Crippen LogP contribution is 2.39. The molecular weight excluding hydrogens is 397 g/mol. The molecule has 2 aliphatic carbocycles. The van der Waals surface area contributed by atoms with E-state index in [1.165, 1.54) is 6.20 Å². The molecule has 0 radical (unpaired) electrons. The molecular formula is C19H22FN5O3S. The fourth-order valence-corrected chi connectivity index (χ4v) is 5.52. The van der Waals surface area contributed by atoms with Crippen molar-refractivity contribution < 1.29 is 18.1 Å².